The van der Waals surface area contributed by atoms with E-state index in [1.165, 1.54) is 0 Å². The minimum atomic E-state index is -0.0185. The number of fused-ring (bicyclic) bond motifs is 1. The summed E-state index contributed by atoms with van der Waals surface area (Å²) >= 11 is 0. The molecule has 1 aromatic heterocycles. The van der Waals surface area contributed by atoms with E-state index in [0.717, 1.165) is 17.7 Å². The van der Waals surface area contributed by atoms with Crippen molar-refractivity contribution in [1.82, 2.24) is 9.88 Å². The number of likely N-dealkylation sites (tertiary alicyclic amines) is 1. The standard InChI is InChI=1S/C22H25N3O3/c26-21(9-8-17-5-4-11-23-13-17)24-12-10-20-18(14-24)15-25(22(27)16-28-20)19-6-2-1-3-7-19/h1-7,11,13,18,20H,8-10,12,14-16H2/t18-,20+/m1/s1. The third-order valence-corrected chi connectivity index (χ3v) is 5.57. The van der Waals surface area contributed by atoms with Crippen LogP contribution >= 0.6 is 0 Å². The fourth-order valence-corrected chi connectivity index (χ4v) is 4.04. The number of carbonyl (C=O) groups excluding carboxylic acids is 2. The number of rotatable bonds is 4. The zero-order chi connectivity index (χ0) is 19.3. The number of hydrogen-bond donors (Lipinski definition) is 0. The first-order valence-electron chi connectivity index (χ1n) is 9.84. The molecule has 2 saturated heterocycles. The molecular formula is C22H25N3O3. The molecule has 1 aromatic carbocycles. The lowest BCUT2D eigenvalue weighted by Crippen LogP contribution is -2.49. The van der Waals surface area contributed by atoms with E-state index >= 15 is 0 Å². The van der Waals surface area contributed by atoms with Crippen LogP contribution in [0.4, 0.5) is 5.69 Å². The monoisotopic (exact) mass is 379 g/mol. The van der Waals surface area contributed by atoms with Gasteiger partial charge < -0.3 is 14.5 Å². The van der Waals surface area contributed by atoms with Gasteiger partial charge in [0.1, 0.15) is 6.61 Å². The molecule has 2 aromatic rings. The summed E-state index contributed by atoms with van der Waals surface area (Å²) in [5.74, 6) is 0.266. The number of nitrogens with zero attached hydrogens (tertiary/aromatic N) is 3. The number of piperidine rings is 1. The van der Waals surface area contributed by atoms with Crippen LogP contribution in [0.3, 0.4) is 0 Å². The number of amides is 2. The van der Waals surface area contributed by atoms with Crippen molar-refractivity contribution in [3.63, 3.8) is 0 Å². The van der Waals surface area contributed by atoms with E-state index in [9.17, 15) is 9.59 Å². The van der Waals surface area contributed by atoms with Crippen LogP contribution in [0.5, 0.6) is 0 Å². The van der Waals surface area contributed by atoms with Crippen molar-refractivity contribution in [3.8, 4) is 0 Å². The molecule has 0 aliphatic carbocycles. The third kappa shape index (κ3) is 4.22. The summed E-state index contributed by atoms with van der Waals surface area (Å²) in [5.41, 5.74) is 1.96. The van der Waals surface area contributed by atoms with Gasteiger partial charge in [0, 0.05) is 50.1 Å². The van der Waals surface area contributed by atoms with Crippen LogP contribution in [0, 0.1) is 5.92 Å². The molecular weight excluding hydrogens is 354 g/mol. The van der Waals surface area contributed by atoms with Gasteiger partial charge in [-0.15, -0.1) is 0 Å². The Bertz CT molecular complexity index is 812. The van der Waals surface area contributed by atoms with E-state index in [0.29, 0.717) is 32.5 Å². The highest BCUT2D eigenvalue weighted by molar-refractivity contribution is 5.94. The van der Waals surface area contributed by atoms with Crippen LogP contribution in [0.15, 0.2) is 54.9 Å². The lowest BCUT2D eigenvalue weighted by Gasteiger charge is -2.38. The summed E-state index contributed by atoms with van der Waals surface area (Å²) < 4.78 is 5.89. The first kappa shape index (κ1) is 18.6. The van der Waals surface area contributed by atoms with Gasteiger partial charge in [0.15, 0.2) is 0 Å². The first-order chi connectivity index (χ1) is 13.7. The average molecular weight is 379 g/mol. The van der Waals surface area contributed by atoms with E-state index in [-0.39, 0.29) is 30.4 Å². The number of anilines is 1. The molecule has 6 nitrogen and oxygen atoms in total. The second-order valence-corrected chi connectivity index (χ2v) is 7.44. The predicted octanol–water partition coefficient (Wildman–Crippen LogP) is 2.29. The number of carbonyl (C=O) groups is 2. The molecule has 0 bridgehead atoms. The smallest absolute Gasteiger partial charge is 0.252 e. The highest BCUT2D eigenvalue weighted by Gasteiger charge is 2.37. The fourth-order valence-electron chi connectivity index (χ4n) is 4.04. The molecule has 3 heterocycles. The topological polar surface area (TPSA) is 62.7 Å². The summed E-state index contributed by atoms with van der Waals surface area (Å²) in [6, 6.07) is 13.6. The minimum Gasteiger partial charge on any atom is -0.368 e. The van der Waals surface area contributed by atoms with Gasteiger partial charge in [0.25, 0.3) is 5.91 Å². The van der Waals surface area contributed by atoms with Crippen molar-refractivity contribution in [3.05, 3.63) is 60.4 Å². The Labute approximate surface area is 165 Å². The van der Waals surface area contributed by atoms with Gasteiger partial charge >= 0.3 is 0 Å². The zero-order valence-corrected chi connectivity index (χ0v) is 15.9. The Kier molecular flexibility index (Phi) is 5.67. The van der Waals surface area contributed by atoms with Crippen LogP contribution in [0.2, 0.25) is 0 Å². The van der Waals surface area contributed by atoms with Crippen molar-refractivity contribution in [2.75, 3.05) is 31.1 Å². The van der Waals surface area contributed by atoms with E-state index in [2.05, 4.69) is 4.98 Å². The van der Waals surface area contributed by atoms with Gasteiger partial charge in [-0.25, -0.2) is 0 Å². The minimum absolute atomic E-state index is 0.0185. The van der Waals surface area contributed by atoms with Gasteiger partial charge in [-0.2, -0.15) is 0 Å². The Balaban J connectivity index is 1.40. The Morgan fingerprint density at radius 3 is 2.79 bits per heavy atom. The second kappa shape index (κ2) is 8.52. The molecule has 6 heteroatoms. The quantitative estimate of drug-likeness (QED) is 0.818. The van der Waals surface area contributed by atoms with Crippen LogP contribution in [-0.2, 0) is 20.7 Å². The molecule has 2 aliphatic heterocycles. The van der Waals surface area contributed by atoms with E-state index in [1.807, 2.05) is 53.6 Å². The maximum Gasteiger partial charge on any atom is 0.252 e. The largest absolute Gasteiger partial charge is 0.368 e. The SMILES string of the molecule is O=C(CCc1cccnc1)N1CC[C@@H]2OCC(=O)N(c3ccccc3)C[C@H]2C1. The van der Waals surface area contributed by atoms with Crippen molar-refractivity contribution in [1.29, 1.82) is 0 Å². The molecule has 2 amide bonds. The molecule has 146 valence electrons. The van der Waals surface area contributed by atoms with Crippen LogP contribution in [-0.4, -0.2) is 54.0 Å². The number of aromatic nitrogens is 1. The highest BCUT2D eigenvalue weighted by atomic mass is 16.5. The second-order valence-electron chi connectivity index (χ2n) is 7.44. The molecule has 0 N–H and O–H groups in total. The maximum atomic E-state index is 12.7. The number of hydrogen-bond acceptors (Lipinski definition) is 4. The van der Waals surface area contributed by atoms with Crippen molar-refractivity contribution in [2.24, 2.45) is 5.92 Å². The molecule has 2 aliphatic rings. The molecule has 0 saturated carbocycles. The third-order valence-electron chi connectivity index (χ3n) is 5.57. The van der Waals surface area contributed by atoms with Gasteiger partial charge in [-0.3, -0.25) is 14.6 Å². The number of benzene rings is 1. The lowest BCUT2D eigenvalue weighted by molar-refractivity contribution is -0.136. The molecule has 0 radical (unpaired) electrons. The fraction of sp³-hybridized carbons (Fsp3) is 0.409. The number of para-hydroxylation sites is 1. The molecule has 0 unspecified atom stereocenters. The number of aryl methyl sites for hydroxylation is 1. The van der Waals surface area contributed by atoms with Crippen molar-refractivity contribution < 1.29 is 14.3 Å². The number of pyridine rings is 1. The van der Waals surface area contributed by atoms with Crippen LogP contribution < -0.4 is 4.90 Å². The van der Waals surface area contributed by atoms with E-state index in [4.69, 9.17) is 4.74 Å². The number of ether oxygens (including phenoxy) is 1. The summed E-state index contributed by atoms with van der Waals surface area (Å²) in [5, 5.41) is 0. The van der Waals surface area contributed by atoms with Crippen molar-refractivity contribution >= 4 is 17.5 Å². The van der Waals surface area contributed by atoms with Crippen LogP contribution in [0.25, 0.3) is 0 Å². The molecule has 4 rings (SSSR count). The summed E-state index contributed by atoms with van der Waals surface area (Å²) in [6.45, 7) is 2.00. The van der Waals surface area contributed by atoms with Gasteiger partial charge in [-0.05, 0) is 36.6 Å². The Morgan fingerprint density at radius 1 is 1.14 bits per heavy atom. The molecule has 28 heavy (non-hydrogen) atoms. The Hall–Kier alpha value is -2.73. The van der Waals surface area contributed by atoms with Crippen molar-refractivity contribution in [2.45, 2.75) is 25.4 Å². The lowest BCUT2D eigenvalue weighted by atomic mass is 9.93. The molecule has 0 spiro atoms. The summed E-state index contributed by atoms with van der Waals surface area (Å²) in [7, 11) is 0. The van der Waals surface area contributed by atoms with E-state index in [1.54, 1.807) is 11.1 Å². The first-order valence-corrected chi connectivity index (χ1v) is 9.84. The molecule has 2 atom stereocenters. The van der Waals surface area contributed by atoms with Gasteiger partial charge in [-0.1, -0.05) is 24.3 Å². The Morgan fingerprint density at radius 2 is 2.00 bits per heavy atom. The van der Waals surface area contributed by atoms with E-state index < -0.39 is 0 Å². The summed E-state index contributed by atoms with van der Waals surface area (Å²) in [4.78, 5) is 33.1. The highest BCUT2D eigenvalue weighted by Crippen LogP contribution is 2.27. The average Bonchev–Trinajstić information content (AvgIpc) is 2.92. The van der Waals surface area contributed by atoms with Gasteiger partial charge in [0.2, 0.25) is 5.91 Å². The predicted molar refractivity (Wildman–Crippen MR) is 106 cm³/mol. The van der Waals surface area contributed by atoms with Crippen LogP contribution in [0.1, 0.15) is 18.4 Å². The normalized spacial score (nSPS) is 22.5. The molecule has 2 fully saturated rings. The van der Waals surface area contributed by atoms with Gasteiger partial charge in [0.05, 0.1) is 6.10 Å². The maximum absolute atomic E-state index is 12.7. The zero-order valence-electron chi connectivity index (χ0n) is 15.9. The summed E-state index contributed by atoms with van der Waals surface area (Å²) in [6.07, 6.45) is 5.52.